The molecule has 1 aliphatic rings. The predicted molar refractivity (Wildman–Crippen MR) is 40.4 cm³/mol. The number of nitrogens with one attached hydrogen (secondary N) is 1. The van der Waals surface area contributed by atoms with Gasteiger partial charge in [0.05, 0.1) is 0 Å². The van der Waals surface area contributed by atoms with Gasteiger partial charge in [0.1, 0.15) is 5.83 Å². The monoisotopic (exact) mass is 141 g/mol. The van der Waals surface area contributed by atoms with E-state index in [9.17, 15) is 4.39 Å². The van der Waals surface area contributed by atoms with E-state index < -0.39 is 0 Å². The van der Waals surface area contributed by atoms with E-state index in [1.54, 1.807) is 6.08 Å². The summed E-state index contributed by atoms with van der Waals surface area (Å²) in [5.41, 5.74) is 0.995. The zero-order valence-electron chi connectivity index (χ0n) is 6.32. The molecule has 1 N–H and O–H groups in total. The van der Waals surface area contributed by atoms with Crippen molar-refractivity contribution in [3.63, 3.8) is 0 Å². The van der Waals surface area contributed by atoms with E-state index in [-0.39, 0.29) is 11.9 Å². The molecule has 1 heterocycles. The van der Waals surface area contributed by atoms with Gasteiger partial charge in [-0.05, 0) is 19.9 Å². The molecule has 1 rings (SSSR count). The summed E-state index contributed by atoms with van der Waals surface area (Å²) in [6.45, 7) is 4.27. The van der Waals surface area contributed by atoms with Crippen molar-refractivity contribution in [3.05, 3.63) is 23.6 Å². The van der Waals surface area contributed by atoms with Gasteiger partial charge in [-0.1, -0.05) is 11.6 Å². The van der Waals surface area contributed by atoms with Gasteiger partial charge in [-0.25, -0.2) is 4.39 Å². The Labute approximate surface area is 60.6 Å². The van der Waals surface area contributed by atoms with Crippen LogP contribution in [0, 0.1) is 0 Å². The highest BCUT2D eigenvalue weighted by molar-refractivity contribution is 5.23. The van der Waals surface area contributed by atoms with E-state index in [0.717, 1.165) is 5.57 Å². The minimum absolute atomic E-state index is 0.0851. The lowest BCUT2D eigenvalue weighted by molar-refractivity contribution is 0.558. The van der Waals surface area contributed by atoms with Crippen LogP contribution in [0.1, 0.15) is 13.8 Å². The first kappa shape index (κ1) is 7.48. The number of hydrogen-bond donors (Lipinski definition) is 1. The molecule has 0 aromatic rings. The first-order chi connectivity index (χ1) is 4.68. The van der Waals surface area contributed by atoms with E-state index in [1.807, 2.05) is 19.9 Å². The van der Waals surface area contributed by atoms with Crippen LogP contribution in [0.2, 0.25) is 0 Å². The summed E-state index contributed by atoms with van der Waals surface area (Å²) in [7, 11) is 0. The molecule has 0 radical (unpaired) electrons. The number of rotatable bonds is 0. The average Bonchev–Trinajstić information content (AvgIpc) is 1.93. The van der Waals surface area contributed by atoms with Crippen LogP contribution in [0.15, 0.2) is 23.6 Å². The van der Waals surface area contributed by atoms with Gasteiger partial charge in [-0.3, -0.25) is 0 Å². The van der Waals surface area contributed by atoms with Gasteiger partial charge in [0.25, 0.3) is 0 Å². The zero-order chi connectivity index (χ0) is 7.56. The second-order valence-electron chi connectivity index (χ2n) is 2.67. The molecule has 1 aliphatic heterocycles. The fraction of sp³-hybridized carbons (Fsp3) is 0.500. The molecule has 10 heavy (non-hydrogen) atoms. The minimum atomic E-state index is -0.0851. The molecule has 0 saturated carbocycles. The smallest absolute Gasteiger partial charge is 0.114 e. The van der Waals surface area contributed by atoms with E-state index in [1.165, 1.54) is 0 Å². The Hall–Kier alpha value is -0.630. The SMILES string of the molecule is CC1=CC(C)NCC(F)=C1. The molecular weight excluding hydrogens is 129 g/mol. The first-order valence-electron chi connectivity index (χ1n) is 3.46. The van der Waals surface area contributed by atoms with Crippen molar-refractivity contribution in [2.24, 2.45) is 0 Å². The van der Waals surface area contributed by atoms with E-state index >= 15 is 0 Å². The highest BCUT2D eigenvalue weighted by atomic mass is 19.1. The summed E-state index contributed by atoms with van der Waals surface area (Å²) in [6.07, 6.45) is 3.57. The topological polar surface area (TPSA) is 12.0 Å². The first-order valence-corrected chi connectivity index (χ1v) is 3.46. The minimum Gasteiger partial charge on any atom is -0.304 e. The quantitative estimate of drug-likeness (QED) is 0.542. The molecule has 0 spiro atoms. The molecule has 0 saturated heterocycles. The van der Waals surface area contributed by atoms with Crippen molar-refractivity contribution in [2.45, 2.75) is 19.9 Å². The van der Waals surface area contributed by atoms with Gasteiger partial charge in [0, 0.05) is 12.6 Å². The molecule has 2 heteroatoms. The highest BCUT2D eigenvalue weighted by Crippen LogP contribution is 2.07. The van der Waals surface area contributed by atoms with Crippen LogP contribution >= 0.6 is 0 Å². The Bertz CT molecular complexity index is 182. The summed E-state index contributed by atoms with van der Waals surface area (Å²) in [6, 6.07) is 0.282. The molecule has 0 amide bonds. The Morgan fingerprint density at radius 3 is 3.10 bits per heavy atom. The Morgan fingerprint density at radius 2 is 2.40 bits per heavy atom. The molecule has 0 aromatic heterocycles. The van der Waals surface area contributed by atoms with Crippen LogP contribution in [0.5, 0.6) is 0 Å². The van der Waals surface area contributed by atoms with E-state index in [4.69, 9.17) is 0 Å². The lowest BCUT2D eigenvalue weighted by atomic mass is 10.2. The molecule has 1 atom stereocenters. The van der Waals surface area contributed by atoms with Gasteiger partial charge in [0.15, 0.2) is 0 Å². The largest absolute Gasteiger partial charge is 0.304 e. The van der Waals surface area contributed by atoms with Crippen molar-refractivity contribution in [1.82, 2.24) is 5.32 Å². The second-order valence-corrected chi connectivity index (χ2v) is 2.67. The molecule has 56 valence electrons. The van der Waals surface area contributed by atoms with Crippen molar-refractivity contribution in [3.8, 4) is 0 Å². The summed E-state index contributed by atoms with van der Waals surface area (Å²) in [4.78, 5) is 0. The maximum Gasteiger partial charge on any atom is 0.114 e. The van der Waals surface area contributed by atoms with Crippen LogP contribution < -0.4 is 5.32 Å². The summed E-state index contributed by atoms with van der Waals surface area (Å²) in [5.74, 6) is -0.0851. The van der Waals surface area contributed by atoms with Crippen LogP contribution in [0.25, 0.3) is 0 Å². The maximum atomic E-state index is 12.6. The van der Waals surface area contributed by atoms with Gasteiger partial charge in [-0.15, -0.1) is 0 Å². The van der Waals surface area contributed by atoms with Gasteiger partial charge < -0.3 is 5.32 Å². The number of allylic oxidation sites excluding steroid dienone is 2. The van der Waals surface area contributed by atoms with Gasteiger partial charge in [0.2, 0.25) is 0 Å². The Balaban J connectivity index is 2.72. The normalized spacial score (nSPS) is 26.9. The summed E-state index contributed by atoms with van der Waals surface area (Å²) in [5, 5.41) is 3.00. The Morgan fingerprint density at radius 1 is 1.70 bits per heavy atom. The zero-order valence-corrected chi connectivity index (χ0v) is 6.32. The molecule has 1 nitrogen and oxygen atoms in total. The second kappa shape index (κ2) is 2.97. The molecule has 0 aliphatic carbocycles. The third-order valence-electron chi connectivity index (χ3n) is 1.49. The molecule has 0 fully saturated rings. The standard InChI is InChI=1S/C8H12FN/c1-6-3-7(2)10-5-8(9)4-6/h3-4,7,10H,5H2,1-2H3. The summed E-state index contributed by atoms with van der Waals surface area (Å²) >= 11 is 0. The molecule has 1 unspecified atom stereocenters. The molecular formula is C8H12FN. The summed E-state index contributed by atoms with van der Waals surface area (Å²) < 4.78 is 12.6. The van der Waals surface area contributed by atoms with Crippen LogP contribution in [-0.4, -0.2) is 12.6 Å². The Kier molecular flexibility index (Phi) is 2.22. The fourth-order valence-corrected chi connectivity index (χ4v) is 1.06. The number of hydrogen-bond acceptors (Lipinski definition) is 1. The lowest BCUT2D eigenvalue weighted by Crippen LogP contribution is -2.24. The fourth-order valence-electron chi connectivity index (χ4n) is 1.06. The van der Waals surface area contributed by atoms with Crippen molar-refractivity contribution in [1.29, 1.82) is 0 Å². The van der Waals surface area contributed by atoms with E-state index in [0.29, 0.717) is 6.54 Å². The van der Waals surface area contributed by atoms with Crippen molar-refractivity contribution >= 4 is 0 Å². The predicted octanol–water partition coefficient (Wildman–Crippen LogP) is 1.78. The van der Waals surface area contributed by atoms with Gasteiger partial charge >= 0.3 is 0 Å². The molecule has 0 aromatic carbocycles. The third-order valence-corrected chi connectivity index (χ3v) is 1.49. The van der Waals surface area contributed by atoms with Crippen LogP contribution in [0.4, 0.5) is 4.39 Å². The molecule has 0 bridgehead atoms. The maximum absolute atomic E-state index is 12.6. The van der Waals surface area contributed by atoms with Crippen LogP contribution in [-0.2, 0) is 0 Å². The van der Waals surface area contributed by atoms with Gasteiger partial charge in [-0.2, -0.15) is 0 Å². The highest BCUT2D eigenvalue weighted by Gasteiger charge is 2.04. The lowest BCUT2D eigenvalue weighted by Gasteiger charge is -2.04. The van der Waals surface area contributed by atoms with E-state index in [2.05, 4.69) is 5.32 Å². The number of halogens is 1. The third kappa shape index (κ3) is 1.95. The average molecular weight is 141 g/mol. The van der Waals surface area contributed by atoms with Crippen molar-refractivity contribution in [2.75, 3.05) is 6.54 Å². The van der Waals surface area contributed by atoms with Crippen molar-refractivity contribution < 1.29 is 4.39 Å². The van der Waals surface area contributed by atoms with Crippen LogP contribution in [0.3, 0.4) is 0 Å².